The van der Waals surface area contributed by atoms with Crippen LogP contribution >= 0.6 is 0 Å². The molecule has 2 heterocycles. The smallest absolute Gasteiger partial charge is 0.220 e. The van der Waals surface area contributed by atoms with Gasteiger partial charge in [0.05, 0.1) is 6.10 Å². The molecule has 4 heteroatoms. The Morgan fingerprint density at radius 2 is 2.33 bits per heavy atom. The van der Waals surface area contributed by atoms with Crippen molar-refractivity contribution in [2.75, 3.05) is 19.7 Å². The van der Waals surface area contributed by atoms with E-state index in [0.29, 0.717) is 18.4 Å². The van der Waals surface area contributed by atoms with Gasteiger partial charge in [0.2, 0.25) is 5.91 Å². The molecule has 2 saturated heterocycles. The number of hydrogen-bond donors (Lipinski definition) is 2. The molecule has 0 spiro atoms. The van der Waals surface area contributed by atoms with Crippen molar-refractivity contribution in [3.8, 4) is 0 Å². The summed E-state index contributed by atoms with van der Waals surface area (Å²) in [4.78, 5) is 11.6. The van der Waals surface area contributed by atoms with Crippen molar-refractivity contribution in [3.63, 3.8) is 0 Å². The highest BCUT2D eigenvalue weighted by Gasteiger charge is 2.24. The number of carbonyl (C=O) groups is 1. The average Bonchev–Trinajstić information content (AvgIpc) is 2.11. The molecule has 0 aromatic heterocycles. The molecular formula is C11H20N2O2. The zero-order chi connectivity index (χ0) is 10.7. The van der Waals surface area contributed by atoms with E-state index in [2.05, 4.69) is 17.6 Å². The van der Waals surface area contributed by atoms with E-state index in [-0.39, 0.29) is 12.0 Å². The van der Waals surface area contributed by atoms with E-state index in [1.54, 1.807) is 0 Å². The second-order valence-corrected chi connectivity index (χ2v) is 4.70. The quantitative estimate of drug-likeness (QED) is 0.706. The van der Waals surface area contributed by atoms with Gasteiger partial charge in [-0.25, -0.2) is 0 Å². The summed E-state index contributed by atoms with van der Waals surface area (Å²) < 4.78 is 5.44. The van der Waals surface area contributed by atoms with Crippen LogP contribution in [-0.2, 0) is 9.53 Å². The average molecular weight is 212 g/mol. The molecule has 2 atom stereocenters. The standard InChI is InChI=1S/C11H20N2O2/c1-8-4-10(2-3-15-8)13-11(14)5-9-6-12-7-9/h8-10,12H,2-7H2,1H3,(H,13,14). The van der Waals surface area contributed by atoms with Gasteiger partial charge in [-0.15, -0.1) is 0 Å². The Bertz CT molecular complexity index is 229. The van der Waals surface area contributed by atoms with Crippen LogP contribution in [0, 0.1) is 5.92 Å². The first-order chi connectivity index (χ1) is 7.24. The maximum atomic E-state index is 11.6. The van der Waals surface area contributed by atoms with Gasteiger partial charge in [-0.2, -0.15) is 0 Å². The minimum absolute atomic E-state index is 0.209. The van der Waals surface area contributed by atoms with E-state index in [4.69, 9.17) is 4.74 Å². The lowest BCUT2D eigenvalue weighted by Crippen LogP contribution is -2.47. The molecule has 0 aromatic rings. The van der Waals surface area contributed by atoms with E-state index in [1.807, 2.05) is 0 Å². The van der Waals surface area contributed by atoms with Gasteiger partial charge < -0.3 is 15.4 Å². The minimum Gasteiger partial charge on any atom is -0.378 e. The van der Waals surface area contributed by atoms with Crippen LogP contribution in [-0.4, -0.2) is 37.7 Å². The van der Waals surface area contributed by atoms with Crippen LogP contribution in [0.3, 0.4) is 0 Å². The van der Waals surface area contributed by atoms with Crippen LogP contribution in [0.5, 0.6) is 0 Å². The molecule has 2 N–H and O–H groups in total. The summed E-state index contributed by atoms with van der Waals surface area (Å²) in [6.45, 7) is 4.83. The van der Waals surface area contributed by atoms with Crippen LogP contribution in [0.15, 0.2) is 0 Å². The Labute approximate surface area is 90.8 Å². The van der Waals surface area contributed by atoms with Crippen molar-refractivity contribution >= 4 is 5.91 Å². The lowest BCUT2D eigenvalue weighted by Gasteiger charge is -2.30. The third kappa shape index (κ3) is 3.18. The van der Waals surface area contributed by atoms with Crippen LogP contribution in [0.25, 0.3) is 0 Å². The van der Waals surface area contributed by atoms with Gasteiger partial charge >= 0.3 is 0 Å². The fraction of sp³-hybridized carbons (Fsp3) is 0.909. The molecule has 2 rings (SSSR count). The fourth-order valence-electron chi connectivity index (χ4n) is 2.17. The zero-order valence-electron chi connectivity index (χ0n) is 9.29. The van der Waals surface area contributed by atoms with E-state index in [9.17, 15) is 4.79 Å². The van der Waals surface area contributed by atoms with Crippen molar-refractivity contribution in [2.24, 2.45) is 5.92 Å². The van der Waals surface area contributed by atoms with Gasteiger partial charge in [0.15, 0.2) is 0 Å². The van der Waals surface area contributed by atoms with Crippen LogP contribution in [0.2, 0.25) is 0 Å². The Hall–Kier alpha value is -0.610. The van der Waals surface area contributed by atoms with Gasteiger partial charge in [-0.1, -0.05) is 0 Å². The molecule has 0 bridgehead atoms. The summed E-state index contributed by atoms with van der Waals surface area (Å²) >= 11 is 0. The van der Waals surface area contributed by atoms with E-state index in [0.717, 1.165) is 32.5 Å². The van der Waals surface area contributed by atoms with Crippen molar-refractivity contribution in [2.45, 2.75) is 38.3 Å². The van der Waals surface area contributed by atoms with Crippen LogP contribution in [0.1, 0.15) is 26.2 Å². The SMILES string of the molecule is CC1CC(NC(=O)CC2CNC2)CCO1. The van der Waals surface area contributed by atoms with Crippen molar-refractivity contribution in [3.05, 3.63) is 0 Å². The summed E-state index contributed by atoms with van der Waals surface area (Å²) in [5, 5.41) is 6.28. The Kier molecular flexibility index (Phi) is 3.59. The molecule has 2 aliphatic heterocycles. The van der Waals surface area contributed by atoms with Crippen molar-refractivity contribution in [1.29, 1.82) is 0 Å². The molecule has 2 unspecified atom stereocenters. The maximum Gasteiger partial charge on any atom is 0.220 e. The van der Waals surface area contributed by atoms with Crippen molar-refractivity contribution in [1.82, 2.24) is 10.6 Å². The topological polar surface area (TPSA) is 50.4 Å². The first-order valence-electron chi connectivity index (χ1n) is 5.85. The predicted octanol–water partition coefficient (Wildman–Crippen LogP) is 0.280. The first-order valence-corrected chi connectivity index (χ1v) is 5.85. The summed E-state index contributed by atoms with van der Waals surface area (Å²) in [6.07, 6.45) is 2.88. The molecule has 86 valence electrons. The summed E-state index contributed by atoms with van der Waals surface area (Å²) in [7, 11) is 0. The van der Waals surface area contributed by atoms with E-state index >= 15 is 0 Å². The highest BCUT2D eigenvalue weighted by Crippen LogP contribution is 2.14. The van der Waals surface area contributed by atoms with Gasteiger partial charge in [-0.3, -0.25) is 4.79 Å². The largest absolute Gasteiger partial charge is 0.378 e. The first kappa shape index (κ1) is 10.9. The molecule has 0 radical (unpaired) electrons. The Morgan fingerprint density at radius 1 is 1.53 bits per heavy atom. The number of ether oxygens (including phenoxy) is 1. The highest BCUT2D eigenvalue weighted by molar-refractivity contribution is 5.76. The number of carbonyl (C=O) groups excluding carboxylic acids is 1. The molecule has 15 heavy (non-hydrogen) atoms. The summed E-state index contributed by atoms with van der Waals surface area (Å²) in [5.74, 6) is 0.767. The fourth-order valence-corrected chi connectivity index (χ4v) is 2.17. The number of rotatable bonds is 3. The van der Waals surface area contributed by atoms with Crippen LogP contribution in [0.4, 0.5) is 0 Å². The normalized spacial score (nSPS) is 32.1. The third-order valence-electron chi connectivity index (χ3n) is 3.19. The number of nitrogens with one attached hydrogen (secondary N) is 2. The van der Waals surface area contributed by atoms with Gasteiger partial charge in [0.25, 0.3) is 0 Å². The Morgan fingerprint density at radius 3 is 2.93 bits per heavy atom. The second-order valence-electron chi connectivity index (χ2n) is 4.70. The second kappa shape index (κ2) is 4.94. The number of amides is 1. The maximum absolute atomic E-state index is 11.6. The molecule has 2 fully saturated rings. The molecule has 0 aromatic carbocycles. The minimum atomic E-state index is 0.209. The Balaban J connectivity index is 1.68. The van der Waals surface area contributed by atoms with Gasteiger partial charge in [0.1, 0.15) is 0 Å². The monoisotopic (exact) mass is 212 g/mol. The molecule has 4 nitrogen and oxygen atoms in total. The zero-order valence-corrected chi connectivity index (χ0v) is 9.29. The molecule has 2 aliphatic rings. The lowest BCUT2D eigenvalue weighted by molar-refractivity contribution is -0.124. The van der Waals surface area contributed by atoms with E-state index in [1.165, 1.54) is 0 Å². The molecule has 1 amide bonds. The molecule has 0 aliphatic carbocycles. The summed E-state index contributed by atoms with van der Waals surface area (Å²) in [5.41, 5.74) is 0. The number of hydrogen-bond acceptors (Lipinski definition) is 3. The predicted molar refractivity (Wildman–Crippen MR) is 57.6 cm³/mol. The summed E-state index contributed by atoms with van der Waals surface area (Å²) in [6, 6.07) is 0.328. The lowest BCUT2D eigenvalue weighted by atomic mass is 9.98. The highest BCUT2D eigenvalue weighted by atomic mass is 16.5. The van der Waals surface area contributed by atoms with Crippen LogP contribution < -0.4 is 10.6 Å². The van der Waals surface area contributed by atoms with Gasteiger partial charge in [0, 0.05) is 19.1 Å². The molecule has 0 saturated carbocycles. The van der Waals surface area contributed by atoms with E-state index < -0.39 is 0 Å². The van der Waals surface area contributed by atoms with Gasteiger partial charge in [-0.05, 0) is 38.8 Å². The van der Waals surface area contributed by atoms with Crippen molar-refractivity contribution < 1.29 is 9.53 Å². The molecular weight excluding hydrogens is 192 g/mol. The third-order valence-corrected chi connectivity index (χ3v) is 3.19.